The quantitative estimate of drug-likeness (QED) is 0.677. The molecule has 1 aromatic heterocycles. The molecule has 1 radical (unpaired) electrons. The summed E-state index contributed by atoms with van der Waals surface area (Å²) >= 11 is 0.924. The van der Waals surface area contributed by atoms with Crippen LogP contribution in [0.25, 0.3) is 0 Å². The molecular weight excluding hydrogens is 306 g/mol. The summed E-state index contributed by atoms with van der Waals surface area (Å²) in [7, 11) is 0. The summed E-state index contributed by atoms with van der Waals surface area (Å²) in [5.74, 6) is -0.886. The molecule has 107 valence electrons. The van der Waals surface area contributed by atoms with Crippen LogP contribution in [0.3, 0.4) is 0 Å². The molecule has 0 N–H and O–H groups in total. The fourth-order valence-corrected chi connectivity index (χ4v) is 1.93. The van der Waals surface area contributed by atoms with Gasteiger partial charge < -0.3 is 4.74 Å². The maximum Gasteiger partial charge on any atom is 0.419 e. The summed E-state index contributed by atoms with van der Waals surface area (Å²) in [4.78, 5) is 0. The zero-order valence-corrected chi connectivity index (χ0v) is 10.3. The highest BCUT2D eigenvalue weighted by atomic mass is 32.1. The molecule has 1 heterocycles. The van der Waals surface area contributed by atoms with Crippen LogP contribution in [0.5, 0.6) is 10.8 Å². The number of thiophene rings is 1. The highest BCUT2D eigenvalue weighted by molar-refractivity contribution is 7.11. The first kappa shape index (κ1) is 14.7. The summed E-state index contributed by atoms with van der Waals surface area (Å²) in [6.07, 6.45) is -9.55. The van der Waals surface area contributed by atoms with E-state index in [1.165, 1.54) is 11.4 Å². The topological polar surface area (TPSA) is 9.23 Å². The Kier molecular flexibility index (Phi) is 3.68. The second-order valence-corrected chi connectivity index (χ2v) is 4.55. The molecule has 0 fully saturated rings. The van der Waals surface area contributed by atoms with E-state index in [0.717, 1.165) is 11.3 Å². The Bertz CT molecular complexity index is 585. The van der Waals surface area contributed by atoms with E-state index < -0.39 is 29.2 Å². The number of ether oxygens (including phenoxy) is 1. The third kappa shape index (κ3) is 3.24. The Morgan fingerprint density at radius 3 is 2.20 bits per heavy atom. The Balaban J connectivity index is 2.48. The van der Waals surface area contributed by atoms with Crippen LogP contribution in [-0.4, -0.2) is 0 Å². The molecule has 20 heavy (non-hydrogen) atoms. The summed E-state index contributed by atoms with van der Waals surface area (Å²) in [5.41, 5.74) is -2.47. The van der Waals surface area contributed by atoms with Gasteiger partial charge in [-0.3, -0.25) is 0 Å². The van der Waals surface area contributed by atoms with Gasteiger partial charge in [-0.15, -0.1) is 11.3 Å². The van der Waals surface area contributed by atoms with Crippen LogP contribution < -0.4 is 4.74 Å². The lowest BCUT2D eigenvalue weighted by Gasteiger charge is -2.15. The van der Waals surface area contributed by atoms with Gasteiger partial charge in [0, 0.05) is 11.4 Å². The Hall–Kier alpha value is -1.70. The monoisotopic (exact) mass is 311 g/mol. The Morgan fingerprint density at radius 1 is 1.00 bits per heavy atom. The molecular formula is C12H5F6OS. The molecule has 0 amide bonds. The van der Waals surface area contributed by atoms with E-state index in [1.54, 1.807) is 0 Å². The first-order valence-electron chi connectivity index (χ1n) is 5.09. The molecule has 0 aliphatic rings. The third-order valence-corrected chi connectivity index (χ3v) is 2.96. The molecule has 1 nitrogen and oxygen atoms in total. The van der Waals surface area contributed by atoms with E-state index >= 15 is 0 Å². The van der Waals surface area contributed by atoms with Crippen molar-refractivity contribution in [3.63, 3.8) is 0 Å². The van der Waals surface area contributed by atoms with Gasteiger partial charge in [-0.25, -0.2) is 0 Å². The average molecular weight is 311 g/mol. The minimum Gasteiger partial charge on any atom is -0.446 e. The van der Waals surface area contributed by atoms with E-state index in [1.807, 2.05) is 0 Å². The molecule has 2 aromatic rings. The summed E-state index contributed by atoms with van der Waals surface area (Å²) < 4.78 is 80.7. The van der Waals surface area contributed by atoms with Crippen molar-refractivity contribution in [2.45, 2.75) is 12.4 Å². The fraction of sp³-hybridized carbons (Fsp3) is 0.167. The summed E-state index contributed by atoms with van der Waals surface area (Å²) in [6, 6.07) is 4.85. The van der Waals surface area contributed by atoms with Crippen LogP contribution >= 0.6 is 11.3 Å². The molecule has 0 unspecified atom stereocenters. The van der Waals surface area contributed by atoms with Gasteiger partial charge >= 0.3 is 12.4 Å². The number of alkyl halides is 6. The lowest BCUT2D eigenvalue weighted by molar-refractivity contribution is -0.142. The molecule has 0 bridgehead atoms. The molecule has 8 heteroatoms. The second-order valence-electron chi connectivity index (χ2n) is 3.67. The van der Waals surface area contributed by atoms with Gasteiger partial charge in [0.25, 0.3) is 0 Å². The molecule has 0 atom stereocenters. The summed E-state index contributed by atoms with van der Waals surface area (Å²) in [5, 5.41) is 1.44. The molecule has 0 spiro atoms. The first-order chi connectivity index (χ1) is 9.18. The zero-order valence-electron chi connectivity index (χ0n) is 9.47. The fourth-order valence-electron chi connectivity index (χ4n) is 1.41. The maximum atomic E-state index is 12.7. The summed E-state index contributed by atoms with van der Waals surface area (Å²) in [6.45, 7) is 0. The van der Waals surface area contributed by atoms with Crippen molar-refractivity contribution in [2.75, 3.05) is 0 Å². The molecule has 2 rings (SSSR count). The molecule has 1 aromatic carbocycles. The van der Waals surface area contributed by atoms with Crippen LogP contribution in [0, 0.1) is 6.07 Å². The van der Waals surface area contributed by atoms with E-state index in [0.29, 0.717) is 18.2 Å². The van der Waals surface area contributed by atoms with Crippen molar-refractivity contribution in [3.8, 4) is 10.8 Å². The number of benzene rings is 1. The van der Waals surface area contributed by atoms with E-state index in [9.17, 15) is 26.3 Å². The van der Waals surface area contributed by atoms with Crippen LogP contribution in [0.4, 0.5) is 26.3 Å². The lowest BCUT2D eigenvalue weighted by Crippen LogP contribution is -2.10. The van der Waals surface area contributed by atoms with Crippen LogP contribution in [0.1, 0.15) is 11.1 Å². The van der Waals surface area contributed by atoms with Gasteiger partial charge in [-0.2, -0.15) is 26.3 Å². The van der Waals surface area contributed by atoms with Gasteiger partial charge in [0.15, 0.2) is 5.06 Å². The SMILES string of the molecule is FC(F)(F)c1ccc(C(F)(F)F)c(Oc2c[c]cs2)c1. The van der Waals surface area contributed by atoms with E-state index in [2.05, 4.69) is 6.07 Å². The molecule has 0 aliphatic carbocycles. The predicted octanol–water partition coefficient (Wildman–Crippen LogP) is 5.38. The number of hydrogen-bond donors (Lipinski definition) is 0. The molecule has 0 saturated carbocycles. The van der Waals surface area contributed by atoms with Gasteiger partial charge in [-0.05, 0) is 24.3 Å². The minimum absolute atomic E-state index is 0.0230. The van der Waals surface area contributed by atoms with Crippen molar-refractivity contribution in [1.29, 1.82) is 0 Å². The molecule has 0 saturated heterocycles. The third-order valence-electron chi connectivity index (χ3n) is 2.27. The Morgan fingerprint density at radius 2 is 1.70 bits per heavy atom. The second kappa shape index (κ2) is 5.01. The van der Waals surface area contributed by atoms with Crippen LogP contribution in [0.15, 0.2) is 29.6 Å². The highest BCUT2D eigenvalue weighted by Gasteiger charge is 2.38. The maximum absolute atomic E-state index is 12.7. The number of rotatable bonds is 2. The van der Waals surface area contributed by atoms with Gasteiger partial charge in [0.05, 0.1) is 11.1 Å². The standard InChI is InChI=1S/C12H5F6OS/c13-11(14,15)7-3-4-8(12(16,17)18)9(6-7)19-10-2-1-5-20-10/h2-6H. The average Bonchev–Trinajstić information content (AvgIpc) is 2.79. The highest BCUT2D eigenvalue weighted by Crippen LogP contribution is 2.42. The van der Waals surface area contributed by atoms with Gasteiger partial charge in [0.2, 0.25) is 0 Å². The largest absolute Gasteiger partial charge is 0.446 e. The lowest BCUT2D eigenvalue weighted by atomic mass is 10.1. The van der Waals surface area contributed by atoms with Crippen molar-refractivity contribution >= 4 is 11.3 Å². The number of hydrogen-bond acceptors (Lipinski definition) is 2. The van der Waals surface area contributed by atoms with E-state index in [4.69, 9.17) is 4.74 Å². The van der Waals surface area contributed by atoms with Crippen molar-refractivity contribution in [3.05, 3.63) is 46.8 Å². The van der Waals surface area contributed by atoms with Crippen molar-refractivity contribution < 1.29 is 31.1 Å². The van der Waals surface area contributed by atoms with Gasteiger partial charge in [-0.1, -0.05) is 0 Å². The Labute approximate surface area is 113 Å². The first-order valence-corrected chi connectivity index (χ1v) is 5.97. The van der Waals surface area contributed by atoms with Crippen molar-refractivity contribution in [2.24, 2.45) is 0 Å². The van der Waals surface area contributed by atoms with Crippen LogP contribution in [0.2, 0.25) is 0 Å². The predicted molar refractivity (Wildman–Crippen MR) is 59.7 cm³/mol. The van der Waals surface area contributed by atoms with Crippen LogP contribution in [-0.2, 0) is 12.4 Å². The minimum atomic E-state index is -4.81. The van der Waals surface area contributed by atoms with E-state index in [-0.39, 0.29) is 5.06 Å². The zero-order chi connectivity index (χ0) is 15.0. The van der Waals surface area contributed by atoms with Gasteiger partial charge in [0.1, 0.15) is 5.75 Å². The van der Waals surface area contributed by atoms with Crippen molar-refractivity contribution in [1.82, 2.24) is 0 Å². The normalized spacial score (nSPS) is 12.5. The number of halogens is 6. The smallest absolute Gasteiger partial charge is 0.419 e. The molecule has 0 aliphatic heterocycles.